The van der Waals surface area contributed by atoms with Gasteiger partial charge in [-0.2, -0.15) is 0 Å². The molecule has 0 N–H and O–H groups in total. The van der Waals surface area contributed by atoms with Crippen LogP contribution in [-0.4, -0.2) is 35.5 Å². The summed E-state index contributed by atoms with van der Waals surface area (Å²) in [5.41, 5.74) is 0.224. The minimum atomic E-state index is -0.443. The van der Waals surface area contributed by atoms with Crippen LogP contribution in [0.2, 0.25) is 0 Å². The second-order valence-corrected chi connectivity index (χ2v) is 4.43. The van der Waals surface area contributed by atoms with E-state index in [-0.39, 0.29) is 17.0 Å². The number of fused-ring (bicyclic) bond motifs is 1. The second-order valence-electron chi connectivity index (χ2n) is 4.43. The molecule has 3 rings (SSSR count). The van der Waals surface area contributed by atoms with Crippen molar-refractivity contribution in [1.29, 1.82) is 0 Å². The molecule has 1 atom stereocenters. The zero-order chi connectivity index (χ0) is 13.2. The van der Waals surface area contributed by atoms with Gasteiger partial charge in [0, 0.05) is 0 Å². The summed E-state index contributed by atoms with van der Waals surface area (Å²) in [5.74, 6) is -0.443. The highest BCUT2D eigenvalue weighted by Crippen LogP contribution is 2.09. The molecule has 0 radical (unpaired) electrons. The highest BCUT2D eigenvalue weighted by molar-refractivity contribution is 5.77. The molecule has 2 aromatic rings. The van der Waals surface area contributed by atoms with Crippen LogP contribution >= 0.6 is 0 Å². The Hall–Kier alpha value is -1.79. The molecule has 100 valence electrons. The zero-order valence-electron chi connectivity index (χ0n) is 10.2. The summed E-state index contributed by atoms with van der Waals surface area (Å²) in [6.07, 6.45) is 1.29. The van der Waals surface area contributed by atoms with Crippen LogP contribution in [0.3, 0.4) is 0 Å². The fourth-order valence-corrected chi connectivity index (χ4v) is 2.12. The standard InChI is InChI=1S/C13H13FN2O3/c14-9-1-2-12-11(5-9)13(17)16(8-15-12)6-10-7-18-3-4-19-10/h1-2,5,8,10H,3-4,6-7H2. The molecule has 0 bridgehead atoms. The number of halogens is 1. The number of aromatic nitrogens is 2. The highest BCUT2D eigenvalue weighted by Gasteiger charge is 2.16. The van der Waals surface area contributed by atoms with Crippen molar-refractivity contribution in [3.63, 3.8) is 0 Å². The highest BCUT2D eigenvalue weighted by atomic mass is 19.1. The monoisotopic (exact) mass is 264 g/mol. The van der Waals surface area contributed by atoms with E-state index in [2.05, 4.69) is 4.98 Å². The van der Waals surface area contributed by atoms with Gasteiger partial charge in [-0.3, -0.25) is 9.36 Å². The van der Waals surface area contributed by atoms with Crippen LogP contribution in [0, 0.1) is 5.82 Å². The first-order valence-electron chi connectivity index (χ1n) is 6.08. The lowest BCUT2D eigenvalue weighted by Crippen LogP contribution is -2.35. The zero-order valence-corrected chi connectivity index (χ0v) is 10.2. The van der Waals surface area contributed by atoms with Crippen molar-refractivity contribution < 1.29 is 13.9 Å². The van der Waals surface area contributed by atoms with E-state index in [9.17, 15) is 9.18 Å². The molecule has 2 heterocycles. The molecule has 1 aliphatic rings. The Morgan fingerprint density at radius 2 is 2.32 bits per heavy atom. The molecule has 1 aromatic carbocycles. The van der Waals surface area contributed by atoms with Gasteiger partial charge in [-0.05, 0) is 18.2 Å². The number of rotatable bonds is 2. The molecule has 1 unspecified atom stereocenters. The first-order valence-corrected chi connectivity index (χ1v) is 6.08. The molecule has 1 aromatic heterocycles. The Labute approximate surface area is 108 Å². The van der Waals surface area contributed by atoms with Crippen LogP contribution in [0.4, 0.5) is 4.39 Å². The average Bonchev–Trinajstić information content (AvgIpc) is 2.44. The fourth-order valence-electron chi connectivity index (χ4n) is 2.12. The molecule has 0 amide bonds. The minimum Gasteiger partial charge on any atom is -0.376 e. The van der Waals surface area contributed by atoms with Gasteiger partial charge in [0.1, 0.15) is 5.82 Å². The third-order valence-electron chi connectivity index (χ3n) is 3.07. The quantitative estimate of drug-likeness (QED) is 0.810. The normalized spacial score (nSPS) is 19.7. The largest absolute Gasteiger partial charge is 0.376 e. The van der Waals surface area contributed by atoms with Gasteiger partial charge < -0.3 is 9.47 Å². The van der Waals surface area contributed by atoms with E-state index in [1.54, 1.807) is 0 Å². The molecule has 1 fully saturated rings. The molecule has 1 aliphatic heterocycles. The van der Waals surface area contributed by atoms with Gasteiger partial charge in [-0.1, -0.05) is 0 Å². The third kappa shape index (κ3) is 2.50. The first kappa shape index (κ1) is 12.3. The van der Waals surface area contributed by atoms with Crippen LogP contribution in [0.15, 0.2) is 29.3 Å². The number of hydrogen-bond donors (Lipinski definition) is 0. The smallest absolute Gasteiger partial charge is 0.261 e. The van der Waals surface area contributed by atoms with E-state index < -0.39 is 5.82 Å². The topological polar surface area (TPSA) is 53.4 Å². The van der Waals surface area contributed by atoms with E-state index in [0.29, 0.717) is 31.9 Å². The predicted molar refractivity (Wildman–Crippen MR) is 66.5 cm³/mol. The average molecular weight is 264 g/mol. The number of hydrogen-bond acceptors (Lipinski definition) is 4. The lowest BCUT2D eigenvalue weighted by molar-refractivity contribution is -0.0939. The van der Waals surface area contributed by atoms with E-state index in [1.165, 1.54) is 29.1 Å². The number of nitrogens with zero attached hydrogens (tertiary/aromatic N) is 2. The molecule has 5 nitrogen and oxygen atoms in total. The van der Waals surface area contributed by atoms with Crippen molar-refractivity contribution in [2.45, 2.75) is 12.6 Å². The van der Waals surface area contributed by atoms with Crippen molar-refractivity contribution in [3.05, 3.63) is 40.7 Å². The van der Waals surface area contributed by atoms with Crippen molar-refractivity contribution in [3.8, 4) is 0 Å². The summed E-state index contributed by atoms with van der Waals surface area (Å²) >= 11 is 0. The van der Waals surface area contributed by atoms with Crippen LogP contribution in [-0.2, 0) is 16.0 Å². The number of benzene rings is 1. The van der Waals surface area contributed by atoms with E-state index >= 15 is 0 Å². The minimum absolute atomic E-state index is 0.167. The fraction of sp³-hybridized carbons (Fsp3) is 0.385. The van der Waals surface area contributed by atoms with Crippen LogP contribution in [0.25, 0.3) is 10.9 Å². The molecule has 6 heteroatoms. The lowest BCUT2D eigenvalue weighted by atomic mass is 10.2. The molecule has 0 aliphatic carbocycles. The van der Waals surface area contributed by atoms with E-state index in [1.807, 2.05) is 0 Å². The summed E-state index contributed by atoms with van der Waals surface area (Å²) in [5, 5.41) is 0.277. The van der Waals surface area contributed by atoms with Crippen molar-refractivity contribution >= 4 is 10.9 Å². The third-order valence-corrected chi connectivity index (χ3v) is 3.07. The van der Waals surface area contributed by atoms with Crippen LogP contribution in [0.1, 0.15) is 0 Å². The van der Waals surface area contributed by atoms with Gasteiger partial charge in [-0.15, -0.1) is 0 Å². The molecule has 0 saturated carbocycles. The predicted octanol–water partition coefficient (Wildman–Crippen LogP) is 0.951. The van der Waals surface area contributed by atoms with Gasteiger partial charge in [-0.25, -0.2) is 9.37 Å². The maximum atomic E-state index is 13.2. The van der Waals surface area contributed by atoms with Crippen LogP contribution in [0.5, 0.6) is 0 Å². The molecular weight excluding hydrogens is 251 g/mol. The summed E-state index contributed by atoms with van der Waals surface area (Å²) < 4.78 is 25.4. The van der Waals surface area contributed by atoms with Crippen molar-refractivity contribution in [2.24, 2.45) is 0 Å². The summed E-state index contributed by atoms with van der Waals surface area (Å²) in [7, 11) is 0. The molecule has 19 heavy (non-hydrogen) atoms. The summed E-state index contributed by atoms with van der Waals surface area (Å²) in [6, 6.07) is 3.99. The number of ether oxygens (including phenoxy) is 2. The Kier molecular flexibility index (Phi) is 3.27. The maximum Gasteiger partial charge on any atom is 0.261 e. The van der Waals surface area contributed by atoms with E-state index in [0.717, 1.165) is 0 Å². The van der Waals surface area contributed by atoms with E-state index in [4.69, 9.17) is 9.47 Å². The van der Waals surface area contributed by atoms with Gasteiger partial charge in [0.25, 0.3) is 5.56 Å². The molecule has 1 saturated heterocycles. The maximum absolute atomic E-state index is 13.2. The van der Waals surface area contributed by atoms with Gasteiger partial charge in [0.15, 0.2) is 0 Å². The Balaban J connectivity index is 1.95. The first-order chi connectivity index (χ1) is 9.24. The molecular formula is C13H13FN2O3. The lowest BCUT2D eigenvalue weighted by Gasteiger charge is -2.23. The second kappa shape index (κ2) is 5.07. The van der Waals surface area contributed by atoms with Crippen LogP contribution < -0.4 is 5.56 Å². The molecule has 0 spiro atoms. The van der Waals surface area contributed by atoms with Gasteiger partial charge >= 0.3 is 0 Å². The SMILES string of the molecule is O=c1c2cc(F)ccc2ncn1CC1COCCO1. The summed E-state index contributed by atoms with van der Waals surface area (Å²) in [6.45, 7) is 1.91. The van der Waals surface area contributed by atoms with Gasteiger partial charge in [0.2, 0.25) is 0 Å². The Morgan fingerprint density at radius 1 is 1.42 bits per heavy atom. The van der Waals surface area contributed by atoms with Gasteiger partial charge in [0.05, 0.1) is 49.7 Å². The van der Waals surface area contributed by atoms with Crippen molar-refractivity contribution in [1.82, 2.24) is 9.55 Å². The van der Waals surface area contributed by atoms with Crippen molar-refractivity contribution in [2.75, 3.05) is 19.8 Å². The Bertz CT molecular complexity index is 650. The Morgan fingerprint density at radius 3 is 3.11 bits per heavy atom. The summed E-state index contributed by atoms with van der Waals surface area (Å²) in [4.78, 5) is 16.4.